The molecule has 0 amide bonds. The summed E-state index contributed by atoms with van der Waals surface area (Å²) in [4.78, 5) is 23.6. The number of H-pyrrole nitrogens is 2. The van der Waals surface area contributed by atoms with Crippen molar-refractivity contribution in [2.45, 2.75) is 0 Å². The molecule has 0 unspecified atom stereocenters. The number of nitrogens with zero attached hydrogens (tertiary/aromatic N) is 2. The van der Waals surface area contributed by atoms with Crippen molar-refractivity contribution in [3.8, 4) is 0 Å². The van der Waals surface area contributed by atoms with Crippen LogP contribution in [0.3, 0.4) is 0 Å². The van der Waals surface area contributed by atoms with Gasteiger partial charge in [0.05, 0.1) is 12.7 Å². The molecule has 0 aliphatic carbocycles. The maximum absolute atomic E-state index is 10.9. The number of imidazole rings is 1. The predicted octanol–water partition coefficient (Wildman–Crippen LogP) is -0.354. The number of rotatable bonds is 0. The third-order valence-corrected chi connectivity index (χ3v) is 1.23. The summed E-state index contributed by atoms with van der Waals surface area (Å²) in [5.41, 5.74) is 0.675. The molecule has 50 valence electrons. The minimum absolute atomic E-state index is 0.192. The first-order valence-electron chi connectivity index (χ1n) is 2.75. The topological polar surface area (TPSA) is 74.4 Å². The molecular formula is C5H4N4O. The predicted molar refractivity (Wildman–Crippen MR) is 34.5 cm³/mol. The van der Waals surface area contributed by atoms with Gasteiger partial charge in [-0.3, -0.25) is 4.79 Å². The van der Waals surface area contributed by atoms with Crippen LogP contribution in [0.5, 0.6) is 0 Å². The van der Waals surface area contributed by atoms with Crippen molar-refractivity contribution in [1.29, 1.82) is 0 Å². The Kier molecular flexibility index (Phi) is 0.858. The molecule has 2 aromatic heterocycles. The zero-order valence-electron chi connectivity index (χ0n) is 4.96. The van der Waals surface area contributed by atoms with Crippen LogP contribution in [0.25, 0.3) is 11.2 Å². The van der Waals surface area contributed by atoms with Gasteiger partial charge in [-0.25, -0.2) is 9.97 Å². The van der Waals surface area contributed by atoms with E-state index < -0.39 is 0 Å². The van der Waals surface area contributed by atoms with E-state index in [-0.39, 0.29) is 5.56 Å². The molecule has 0 saturated heterocycles. The van der Waals surface area contributed by atoms with Crippen LogP contribution in [0.1, 0.15) is 0 Å². The van der Waals surface area contributed by atoms with E-state index in [0.717, 1.165) is 0 Å². The molecule has 2 aromatic rings. The fraction of sp³-hybridized carbons (Fsp3) is 0. The number of aromatic amines is 2. The zero-order chi connectivity index (χ0) is 6.97. The van der Waals surface area contributed by atoms with Crippen LogP contribution in [0.4, 0.5) is 0 Å². The lowest BCUT2D eigenvalue weighted by atomic mass is 11.5. The molecule has 0 fully saturated rings. The van der Waals surface area contributed by atoms with Gasteiger partial charge in [0.25, 0.3) is 5.56 Å². The van der Waals surface area contributed by atoms with Crippen molar-refractivity contribution in [2.24, 2.45) is 0 Å². The van der Waals surface area contributed by atoms with Gasteiger partial charge < -0.3 is 9.97 Å². The highest BCUT2D eigenvalue weighted by Crippen LogP contribution is 1.94. The Labute approximate surface area is 55.1 Å². The zero-order valence-corrected chi connectivity index (χ0v) is 4.96. The van der Waals surface area contributed by atoms with Gasteiger partial charge >= 0.3 is 0 Å². The summed E-state index contributed by atoms with van der Waals surface area (Å²) in [5, 5.41) is 0. The first-order chi connectivity index (χ1) is 4.88. The Morgan fingerprint density at radius 2 is 1.90 bits per heavy atom. The highest BCUT2D eigenvalue weighted by atomic mass is 16.2. The van der Waals surface area contributed by atoms with E-state index in [2.05, 4.69) is 19.9 Å². The van der Waals surface area contributed by atoms with Crippen LogP contribution in [0.2, 0.25) is 0 Å². The van der Waals surface area contributed by atoms with E-state index in [1.54, 1.807) is 0 Å². The third-order valence-electron chi connectivity index (χ3n) is 1.23. The minimum Gasteiger partial charge on any atom is -0.339 e. The molecule has 0 aliphatic rings. The standard InChI is InChI=1S/C5H4N4O/c10-5-3-4(7-1-6-3)8-2-9-5/h1-2H,(H2,6,7,8,9,10)/i1+1,2+1,3+1,4+1,5+1,6+1,7+1,8+1,9+1. The second kappa shape index (κ2) is 1.66. The maximum Gasteiger partial charge on any atom is 0.276 e. The number of hydrogen-bond donors (Lipinski definition) is 2. The Balaban J connectivity index is 3.09. The van der Waals surface area contributed by atoms with Gasteiger partial charge in [-0.2, -0.15) is 0 Å². The van der Waals surface area contributed by atoms with Gasteiger partial charge in [0, 0.05) is 0 Å². The lowest BCUT2D eigenvalue weighted by Crippen LogP contribution is -2.05. The van der Waals surface area contributed by atoms with Crippen molar-refractivity contribution in [1.82, 2.24) is 19.9 Å². The van der Waals surface area contributed by atoms with E-state index in [1.165, 1.54) is 12.7 Å². The van der Waals surface area contributed by atoms with Crippen LogP contribution in [-0.2, 0) is 0 Å². The fourth-order valence-electron chi connectivity index (χ4n) is 0.776. The van der Waals surface area contributed by atoms with Crippen molar-refractivity contribution in [2.75, 3.05) is 0 Å². The van der Waals surface area contributed by atoms with Gasteiger partial charge in [-0.05, 0) is 0 Å². The van der Waals surface area contributed by atoms with Gasteiger partial charge in [-0.15, -0.1) is 0 Å². The molecule has 0 aliphatic heterocycles. The molecule has 2 N–H and O–H groups in total. The molecule has 5 nitrogen and oxygen atoms in total. The highest BCUT2D eigenvalue weighted by molar-refractivity contribution is 5.67. The van der Waals surface area contributed by atoms with Crippen LogP contribution < -0.4 is 5.56 Å². The summed E-state index contributed by atoms with van der Waals surface area (Å²) < 4.78 is 0. The first kappa shape index (κ1) is 5.16. The Bertz CT molecular complexity index is 401. The van der Waals surface area contributed by atoms with Crippen molar-refractivity contribution < 1.29 is 0 Å². The lowest BCUT2D eigenvalue weighted by Gasteiger charge is -1.81. The molecule has 0 radical (unpaired) electrons. The second-order valence-electron chi connectivity index (χ2n) is 1.83. The Morgan fingerprint density at radius 1 is 1.20 bits per heavy atom. The quantitative estimate of drug-likeness (QED) is 0.531. The normalized spacial score (nSPS) is 10.4. The van der Waals surface area contributed by atoms with Gasteiger partial charge in [0.15, 0.2) is 11.2 Å². The lowest BCUT2D eigenvalue weighted by molar-refractivity contribution is 1.15. The molecular weight excluding hydrogens is 141 g/mol. The summed E-state index contributed by atoms with van der Waals surface area (Å²) >= 11 is 0. The van der Waals surface area contributed by atoms with Crippen molar-refractivity contribution in [3.63, 3.8) is 0 Å². The van der Waals surface area contributed by atoms with E-state index in [0.29, 0.717) is 11.2 Å². The number of aromatic nitrogens is 4. The number of hydrogen-bond acceptors (Lipinski definition) is 3. The molecule has 2 rings (SSSR count). The molecule has 2 heterocycles. The Hall–Kier alpha value is -1.65. The average molecular weight is 145 g/mol. The van der Waals surface area contributed by atoms with E-state index >= 15 is 0 Å². The monoisotopic (exact) mass is 145 g/mol. The molecule has 0 aromatic carbocycles. The smallest absolute Gasteiger partial charge is 0.276 e. The van der Waals surface area contributed by atoms with Crippen molar-refractivity contribution >= 4 is 11.2 Å². The van der Waals surface area contributed by atoms with Gasteiger partial charge in [0.2, 0.25) is 0 Å². The third kappa shape index (κ3) is 0.540. The van der Waals surface area contributed by atoms with Crippen LogP contribution in [0, 0.1) is 0 Å². The summed E-state index contributed by atoms with van der Waals surface area (Å²) in [5.74, 6) is 0. The van der Waals surface area contributed by atoms with Crippen LogP contribution in [-0.4, -0.2) is 19.9 Å². The number of nitrogens with one attached hydrogen (secondary N) is 2. The highest BCUT2D eigenvalue weighted by Gasteiger charge is 1.97. The molecule has 0 atom stereocenters. The SMILES string of the molecule is O=[13c]1[15nH][13cH][15n][13c]2[15n][13cH][15nH][13c]12. The molecule has 5 heteroatoms. The molecule has 0 bridgehead atoms. The Morgan fingerprint density at radius 3 is 2.60 bits per heavy atom. The fourth-order valence-corrected chi connectivity index (χ4v) is 0.776. The van der Waals surface area contributed by atoms with Gasteiger partial charge in [-0.1, -0.05) is 0 Å². The second-order valence-corrected chi connectivity index (χ2v) is 1.83. The molecule has 0 saturated carbocycles. The largest absolute Gasteiger partial charge is 0.339 e. The minimum atomic E-state index is -0.192. The number of fused-ring (bicyclic) bond motifs is 1. The summed E-state index contributed by atoms with van der Waals surface area (Å²) in [6.45, 7) is 0. The van der Waals surface area contributed by atoms with Crippen LogP contribution in [0.15, 0.2) is 17.4 Å². The summed E-state index contributed by atoms with van der Waals surface area (Å²) in [7, 11) is 0. The molecule has 10 heavy (non-hydrogen) atoms. The van der Waals surface area contributed by atoms with Gasteiger partial charge in [0.1, 0.15) is 0 Å². The van der Waals surface area contributed by atoms with E-state index in [4.69, 9.17) is 0 Å². The van der Waals surface area contributed by atoms with E-state index in [1.807, 2.05) is 0 Å². The molecule has 0 spiro atoms. The van der Waals surface area contributed by atoms with E-state index in [9.17, 15) is 4.79 Å². The average Bonchev–Trinajstić information content (AvgIpc) is 2.36. The summed E-state index contributed by atoms with van der Waals surface area (Å²) in [6, 6.07) is 0. The summed E-state index contributed by atoms with van der Waals surface area (Å²) in [6.07, 6.45) is 2.76. The van der Waals surface area contributed by atoms with Crippen LogP contribution >= 0.6 is 0 Å². The maximum atomic E-state index is 10.9. The van der Waals surface area contributed by atoms with Crippen molar-refractivity contribution in [3.05, 3.63) is 23.0 Å². The first-order valence-corrected chi connectivity index (χ1v) is 2.75.